The van der Waals surface area contributed by atoms with Gasteiger partial charge in [-0.3, -0.25) is 19.3 Å². The zero-order chi connectivity index (χ0) is 17.9. The fraction of sp³-hybridized carbons (Fsp3) is 0.471. The Morgan fingerprint density at radius 3 is 2.54 bits per heavy atom. The summed E-state index contributed by atoms with van der Waals surface area (Å²) in [4.78, 5) is 40.5. The molecule has 1 atom stereocenters. The third-order valence-corrected chi connectivity index (χ3v) is 4.22. The molecule has 7 nitrogen and oxygen atoms in total. The Morgan fingerprint density at radius 1 is 1.25 bits per heavy atom. The van der Waals surface area contributed by atoms with Gasteiger partial charge >= 0.3 is 0 Å². The van der Waals surface area contributed by atoms with Crippen molar-refractivity contribution in [2.75, 3.05) is 40.3 Å². The Hall–Kier alpha value is -2.41. The number of carbonyl (C=O) groups is 3. The molecule has 1 saturated heterocycles. The van der Waals surface area contributed by atoms with Crippen molar-refractivity contribution in [2.45, 2.75) is 13.0 Å². The molecule has 0 aromatic heterocycles. The third-order valence-electron chi connectivity index (χ3n) is 4.22. The van der Waals surface area contributed by atoms with Crippen LogP contribution in [0.5, 0.6) is 0 Å². The van der Waals surface area contributed by atoms with Crippen molar-refractivity contribution in [1.29, 1.82) is 0 Å². The van der Waals surface area contributed by atoms with Gasteiger partial charge in [0.2, 0.25) is 11.8 Å². The summed E-state index contributed by atoms with van der Waals surface area (Å²) in [6.45, 7) is 3.27. The van der Waals surface area contributed by atoms with E-state index < -0.39 is 5.91 Å². The quantitative estimate of drug-likeness (QED) is 0.846. The number of rotatable bonds is 4. The monoisotopic (exact) mass is 332 g/mol. The number of hydrogen-bond donors (Lipinski definition) is 1. The van der Waals surface area contributed by atoms with Gasteiger partial charge in [0.25, 0.3) is 5.91 Å². The second kappa shape index (κ2) is 7.44. The Bertz CT molecular complexity index is 644. The highest BCUT2D eigenvalue weighted by atomic mass is 16.2. The lowest BCUT2D eigenvalue weighted by atomic mass is 9.99. The highest BCUT2D eigenvalue weighted by Crippen LogP contribution is 2.26. The van der Waals surface area contributed by atoms with Crippen molar-refractivity contribution in [2.24, 2.45) is 5.73 Å². The number of primary amides is 1. The maximum Gasteiger partial charge on any atom is 0.253 e. The van der Waals surface area contributed by atoms with Crippen molar-refractivity contribution in [1.82, 2.24) is 14.7 Å². The molecular formula is C17H24N4O3. The molecular weight excluding hydrogens is 308 g/mol. The zero-order valence-electron chi connectivity index (χ0n) is 14.4. The summed E-state index contributed by atoms with van der Waals surface area (Å²) in [7, 11) is 3.40. The number of piperazine rings is 1. The van der Waals surface area contributed by atoms with Gasteiger partial charge in [0.15, 0.2) is 0 Å². The van der Waals surface area contributed by atoms with Gasteiger partial charge in [-0.15, -0.1) is 0 Å². The molecule has 24 heavy (non-hydrogen) atoms. The molecule has 2 rings (SSSR count). The number of hydrogen-bond acceptors (Lipinski definition) is 4. The Labute approximate surface area is 142 Å². The second-order valence-electron chi connectivity index (χ2n) is 6.24. The van der Waals surface area contributed by atoms with Crippen LogP contribution in [-0.4, -0.2) is 72.7 Å². The lowest BCUT2D eigenvalue weighted by molar-refractivity contribution is -0.132. The minimum atomic E-state index is -0.406. The SMILES string of the molecule is CC(=O)N1CCN(CC(N)=O)[C@H](c2cccc(C(=O)N(C)C)c2)C1. The van der Waals surface area contributed by atoms with E-state index in [4.69, 9.17) is 5.73 Å². The summed E-state index contributed by atoms with van der Waals surface area (Å²) in [5.41, 5.74) is 6.83. The smallest absolute Gasteiger partial charge is 0.253 e. The van der Waals surface area contributed by atoms with Gasteiger partial charge in [0.1, 0.15) is 0 Å². The molecule has 2 N–H and O–H groups in total. The van der Waals surface area contributed by atoms with E-state index in [2.05, 4.69) is 0 Å². The van der Waals surface area contributed by atoms with Crippen LogP contribution in [0, 0.1) is 0 Å². The van der Waals surface area contributed by atoms with E-state index in [1.807, 2.05) is 23.1 Å². The third kappa shape index (κ3) is 4.11. The van der Waals surface area contributed by atoms with E-state index >= 15 is 0 Å². The number of nitrogens with two attached hydrogens (primary N) is 1. The van der Waals surface area contributed by atoms with Crippen LogP contribution in [-0.2, 0) is 9.59 Å². The van der Waals surface area contributed by atoms with Crippen LogP contribution in [0.15, 0.2) is 24.3 Å². The topological polar surface area (TPSA) is 87.0 Å². The van der Waals surface area contributed by atoms with Crippen molar-refractivity contribution in [3.05, 3.63) is 35.4 Å². The van der Waals surface area contributed by atoms with Crippen LogP contribution in [0.2, 0.25) is 0 Å². The normalized spacial score (nSPS) is 18.3. The lowest BCUT2D eigenvalue weighted by Crippen LogP contribution is -2.51. The highest BCUT2D eigenvalue weighted by Gasteiger charge is 2.30. The Morgan fingerprint density at radius 2 is 1.96 bits per heavy atom. The predicted octanol–water partition coefficient (Wildman–Crippen LogP) is 0.0789. The molecule has 1 aliphatic rings. The fourth-order valence-corrected chi connectivity index (χ4v) is 2.95. The van der Waals surface area contributed by atoms with Gasteiger partial charge in [0.05, 0.1) is 12.6 Å². The van der Waals surface area contributed by atoms with Gasteiger partial charge in [-0.05, 0) is 17.7 Å². The molecule has 0 unspecified atom stereocenters. The molecule has 1 aliphatic heterocycles. The maximum atomic E-state index is 12.2. The van der Waals surface area contributed by atoms with Gasteiger partial charge in [-0.1, -0.05) is 12.1 Å². The number of benzene rings is 1. The van der Waals surface area contributed by atoms with Crippen molar-refractivity contribution in [3.8, 4) is 0 Å². The average Bonchev–Trinajstić information content (AvgIpc) is 2.53. The molecule has 0 radical (unpaired) electrons. The summed E-state index contributed by atoms with van der Waals surface area (Å²) >= 11 is 0. The van der Waals surface area contributed by atoms with Crippen molar-refractivity contribution in [3.63, 3.8) is 0 Å². The van der Waals surface area contributed by atoms with Crippen LogP contribution in [0.4, 0.5) is 0 Å². The van der Waals surface area contributed by atoms with Gasteiger partial charge in [-0.2, -0.15) is 0 Å². The zero-order valence-corrected chi connectivity index (χ0v) is 14.4. The van der Waals surface area contributed by atoms with E-state index in [1.165, 1.54) is 11.8 Å². The van der Waals surface area contributed by atoms with Crippen LogP contribution < -0.4 is 5.73 Å². The number of nitrogens with zero attached hydrogens (tertiary/aromatic N) is 3. The molecule has 1 heterocycles. The van der Waals surface area contributed by atoms with E-state index in [1.54, 1.807) is 25.1 Å². The predicted molar refractivity (Wildman–Crippen MR) is 90.2 cm³/mol. The van der Waals surface area contributed by atoms with Gasteiger partial charge in [-0.25, -0.2) is 0 Å². The second-order valence-corrected chi connectivity index (χ2v) is 6.24. The van der Waals surface area contributed by atoms with Gasteiger partial charge < -0.3 is 15.5 Å². The minimum Gasteiger partial charge on any atom is -0.369 e. The Kier molecular flexibility index (Phi) is 5.56. The van der Waals surface area contributed by atoms with Crippen LogP contribution in [0.25, 0.3) is 0 Å². The number of carbonyl (C=O) groups excluding carboxylic acids is 3. The molecule has 0 bridgehead atoms. The molecule has 0 aliphatic carbocycles. The summed E-state index contributed by atoms with van der Waals surface area (Å²) in [6, 6.07) is 7.15. The first kappa shape index (κ1) is 17.9. The summed E-state index contributed by atoms with van der Waals surface area (Å²) in [6.07, 6.45) is 0. The Balaban J connectivity index is 2.32. The number of amides is 3. The van der Waals surface area contributed by atoms with Crippen LogP contribution >= 0.6 is 0 Å². The van der Waals surface area contributed by atoms with E-state index in [-0.39, 0.29) is 24.4 Å². The first-order valence-electron chi connectivity index (χ1n) is 7.89. The molecule has 1 aromatic carbocycles. The van der Waals surface area contributed by atoms with Crippen molar-refractivity contribution >= 4 is 17.7 Å². The average molecular weight is 332 g/mol. The van der Waals surface area contributed by atoms with Gasteiger partial charge in [0, 0.05) is 46.2 Å². The first-order chi connectivity index (χ1) is 11.3. The first-order valence-corrected chi connectivity index (χ1v) is 7.89. The summed E-state index contributed by atoms with van der Waals surface area (Å²) in [5, 5.41) is 0. The minimum absolute atomic E-state index is 0.000697. The van der Waals surface area contributed by atoms with E-state index in [0.29, 0.717) is 25.2 Å². The standard InChI is InChI=1S/C17H24N4O3/c1-12(22)20-7-8-21(11-16(18)23)15(10-20)13-5-4-6-14(9-13)17(24)19(2)3/h4-6,9,15H,7-8,10-11H2,1-3H3,(H2,18,23)/t15-/m0/s1. The van der Waals surface area contributed by atoms with E-state index in [9.17, 15) is 14.4 Å². The molecule has 0 saturated carbocycles. The summed E-state index contributed by atoms with van der Waals surface area (Å²) in [5.74, 6) is -0.492. The molecule has 130 valence electrons. The fourth-order valence-electron chi connectivity index (χ4n) is 2.95. The largest absolute Gasteiger partial charge is 0.369 e. The van der Waals surface area contributed by atoms with Crippen LogP contribution in [0.3, 0.4) is 0 Å². The highest BCUT2D eigenvalue weighted by molar-refractivity contribution is 5.94. The maximum absolute atomic E-state index is 12.2. The van der Waals surface area contributed by atoms with Crippen LogP contribution in [0.1, 0.15) is 28.9 Å². The summed E-state index contributed by atoms with van der Waals surface area (Å²) < 4.78 is 0. The van der Waals surface area contributed by atoms with E-state index in [0.717, 1.165) is 5.56 Å². The van der Waals surface area contributed by atoms with Crippen molar-refractivity contribution < 1.29 is 14.4 Å². The molecule has 1 fully saturated rings. The molecule has 0 spiro atoms. The lowest BCUT2D eigenvalue weighted by Gasteiger charge is -2.41. The molecule has 3 amide bonds. The molecule has 7 heteroatoms. The molecule has 1 aromatic rings.